The molecule has 0 fully saturated rings. The lowest BCUT2D eigenvalue weighted by atomic mass is 10.3. The topological polar surface area (TPSA) is 41.3 Å². The molecule has 0 spiro atoms. The molecule has 98 valence electrons. The highest BCUT2D eigenvalue weighted by Crippen LogP contribution is 2.24. The van der Waals surface area contributed by atoms with Gasteiger partial charge in [0.05, 0.1) is 12.0 Å². The second-order valence-corrected chi connectivity index (χ2v) is 5.17. The molecule has 0 aliphatic carbocycles. The van der Waals surface area contributed by atoms with Gasteiger partial charge in [0.25, 0.3) is 0 Å². The fourth-order valence-electron chi connectivity index (χ4n) is 1.77. The van der Waals surface area contributed by atoms with Gasteiger partial charge in [-0.15, -0.1) is 11.3 Å². The lowest BCUT2D eigenvalue weighted by Crippen LogP contribution is -2.22. The van der Waals surface area contributed by atoms with Crippen molar-refractivity contribution >= 4 is 11.3 Å². The monoisotopic (exact) mass is 265 g/mol. The van der Waals surface area contributed by atoms with Gasteiger partial charge in [-0.2, -0.15) is 0 Å². The standard InChI is InChI=1S/C13H19N3OS/c1-14-6-4-7-16(2)9-11-10-18-13(15-11)12-5-3-8-17-12/h3,5,8,10,14H,4,6-7,9H2,1-2H3. The first-order valence-corrected chi connectivity index (χ1v) is 6.99. The maximum atomic E-state index is 5.34. The second-order valence-electron chi connectivity index (χ2n) is 4.32. The Balaban J connectivity index is 1.87. The molecule has 2 heterocycles. The van der Waals surface area contributed by atoms with E-state index in [1.165, 1.54) is 0 Å². The summed E-state index contributed by atoms with van der Waals surface area (Å²) in [5.41, 5.74) is 1.11. The van der Waals surface area contributed by atoms with Gasteiger partial charge in [0.2, 0.25) is 0 Å². The third-order valence-electron chi connectivity index (χ3n) is 2.68. The Labute approximate surface area is 112 Å². The summed E-state index contributed by atoms with van der Waals surface area (Å²) in [4.78, 5) is 6.88. The summed E-state index contributed by atoms with van der Waals surface area (Å²) < 4.78 is 5.34. The van der Waals surface area contributed by atoms with E-state index in [1.807, 2.05) is 19.2 Å². The van der Waals surface area contributed by atoms with Gasteiger partial charge in [-0.25, -0.2) is 4.98 Å². The first-order valence-electron chi connectivity index (χ1n) is 6.11. The van der Waals surface area contributed by atoms with Gasteiger partial charge < -0.3 is 14.6 Å². The van der Waals surface area contributed by atoms with Crippen LogP contribution in [-0.2, 0) is 6.54 Å². The van der Waals surface area contributed by atoms with Gasteiger partial charge in [-0.05, 0) is 45.7 Å². The number of nitrogens with zero attached hydrogens (tertiary/aromatic N) is 2. The molecule has 0 bridgehead atoms. The van der Waals surface area contributed by atoms with E-state index < -0.39 is 0 Å². The molecule has 4 nitrogen and oxygen atoms in total. The lowest BCUT2D eigenvalue weighted by Gasteiger charge is -2.14. The molecule has 0 unspecified atom stereocenters. The fourth-order valence-corrected chi connectivity index (χ4v) is 2.55. The van der Waals surface area contributed by atoms with Crippen LogP contribution in [0.4, 0.5) is 0 Å². The zero-order valence-electron chi connectivity index (χ0n) is 10.8. The van der Waals surface area contributed by atoms with E-state index in [1.54, 1.807) is 17.6 Å². The Kier molecular flexibility index (Phi) is 4.92. The van der Waals surface area contributed by atoms with Crippen molar-refractivity contribution in [1.82, 2.24) is 15.2 Å². The van der Waals surface area contributed by atoms with Crippen molar-refractivity contribution in [2.24, 2.45) is 0 Å². The highest BCUT2D eigenvalue weighted by molar-refractivity contribution is 7.13. The smallest absolute Gasteiger partial charge is 0.162 e. The Hall–Kier alpha value is -1.17. The number of thiazole rings is 1. The highest BCUT2D eigenvalue weighted by atomic mass is 32.1. The van der Waals surface area contributed by atoms with Crippen molar-refractivity contribution in [2.45, 2.75) is 13.0 Å². The van der Waals surface area contributed by atoms with E-state index in [4.69, 9.17) is 4.42 Å². The van der Waals surface area contributed by atoms with Crippen LogP contribution in [0.25, 0.3) is 10.8 Å². The van der Waals surface area contributed by atoms with Crippen LogP contribution in [0, 0.1) is 0 Å². The summed E-state index contributed by atoms with van der Waals surface area (Å²) in [6, 6.07) is 3.83. The largest absolute Gasteiger partial charge is 0.462 e. The minimum absolute atomic E-state index is 0.851. The van der Waals surface area contributed by atoms with Gasteiger partial charge in [-0.3, -0.25) is 0 Å². The van der Waals surface area contributed by atoms with Crippen molar-refractivity contribution in [3.05, 3.63) is 29.5 Å². The number of hydrogen-bond donors (Lipinski definition) is 1. The molecular formula is C13H19N3OS. The minimum Gasteiger partial charge on any atom is -0.462 e. The Morgan fingerprint density at radius 1 is 1.50 bits per heavy atom. The molecule has 0 radical (unpaired) electrons. The predicted octanol–water partition coefficient (Wildman–Crippen LogP) is 2.44. The van der Waals surface area contributed by atoms with Crippen LogP contribution in [0.1, 0.15) is 12.1 Å². The third-order valence-corrected chi connectivity index (χ3v) is 3.59. The summed E-state index contributed by atoms with van der Waals surface area (Å²) in [5.74, 6) is 0.851. The average molecular weight is 265 g/mol. The van der Waals surface area contributed by atoms with E-state index >= 15 is 0 Å². The average Bonchev–Trinajstić information content (AvgIpc) is 2.98. The van der Waals surface area contributed by atoms with Crippen LogP contribution in [0.3, 0.4) is 0 Å². The first kappa shape index (κ1) is 13.3. The predicted molar refractivity (Wildman–Crippen MR) is 74.7 cm³/mol. The summed E-state index contributed by atoms with van der Waals surface area (Å²) >= 11 is 1.63. The van der Waals surface area contributed by atoms with Crippen LogP contribution >= 0.6 is 11.3 Å². The second kappa shape index (κ2) is 6.68. The lowest BCUT2D eigenvalue weighted by molar-refractivity contribution is 0.318. The molecule has 2 aromatic heterocycles. The number of hydrogen-bond acceptors (Lipinski definition) is 5. The van der Waals surface area contributed by atoms with Gasteiger partial charge in [0, 0.05) is 11.9 Å². The molecule has 0 aromatic carbocycles. The Bertz CT molecular complexity index is 453. The number of nitrogens with one attached hydrogen (secondary N) is 1. The SMILES string of the molecule is CNCCCN(C)Cc1csc(-c2ccco2)n1. The molecule has 0 saturated carbocycles. The van der Waals surface area contributed by atoms with Crippen molar-refractivity contribution < 1.29 is 4.42 Å². The van der Waals surface area contributed by atoms with Crippen LogP contribution in [0.15, 0.2) is 28.2 Å². The summed E-state index contributed by atoms with van der Waals surface area (Å²) in [5, 5.41) is 6.22. The summed E-state index contributed by atoms with van der Waals surface area (Å²) in [7, 11) is 4.11. The van der Waals surface area contributed by atoms with Gasteiger partial charge in [-0.1, -0.05) is 0 Å². The molecule has 0 aliphatic rings. The zero-order valence-corrected chi connectivity index (χ0v) is 11.7. The van der Waals surface area contributed by atoms with Gasteiger partial charge >= 0.3 is 0 Å². The van der Waals surface area contributed by atoms with E-state index in [0.717, 1.165) is 42.5 Å². The highest BCUT2D eigenvalue weighted by Gasteiger charge is 2.08. The maximum Gasteiger partial charge on any atom is 0.162 e. The molecule has 2 rings (SSSR count). The molecule has 0 aliphatic heterocycles. The van der Waals surface area contributed by atoms with Crippen molar-refractivity contribution in [2.75, 3.05) is 27.2 Å². The van der Waals surface area contributed by atoms with E-state index in [9.17, 15) is 0 Å². The van der Waals surface area contributed by atoms with Crippen LogP contribution in [0.2, 0.25) is 0 Å². The third kappa shape index (κ3) is 3.66. The molecule has 1 N–H and O–H groups in total. The number of aromatic nitrogens is 1. The fraction of sp³-hybridized carbons (Fsp3) is 0.462. The van der Waals surface area contributed by atoms with Crippen LogP contribution in [0.5, 0.6) is 0 Å². The van der Waals surface area contributed by atoms with Crippen LogP contribution in [-0.4, -0.2) is 37.1 Å². The van der Waals surface area contributed by atoms with E-state index in [0.29, 0.717) is 0 Å². The maximum absolute atomic E-state index is 5.34. The van der Waals surface area contributed by atoms with Crippen molar-refractivity contribution in [1.29, 1.82) is 0 Å². The summed E-state index contributed by atoms with van der Waals surface area (Å²) in [6.45, 7) is 3.02. The molecule has 2 aromatic rings. The molecule has 18 heavy (non-hydrogen) atoms. The van der Waals surface area contributed by atoms with Crippen molar-refractivity contribution in [3.63, 3.8) is 0 Å². The molecule has 0 atom stereocenters. The Morgan fingerprint density at radius 3 is 3.11 bits per heavy atom. The summed E-state index contributed by atoms with van der Waals surface area (Å²) in [6.07, 6.45) is 2.84. The van der Waals surface area contributed by atoms with E-state index in [2.05, 4.69) is 27.6 Å². The van der Waals surface area contributed by atoms with Crippen LogP contribution < -0.4 is 5.32 Å². The normalized spacial score (nSPS) is 11.3. The zero-order chi connectivity index (χ0) is 12.8. The van der Waals surface area contributed by atoms with Crippen molar-refractivity contribution in [3.8, 4) is 10.8 Å². The number of rotatable bonds is 7. The number of furan rings is 1. The van der Waals surface area contributed by atoms with Gasteiger partial charge in [0.15, 0.2) is 10.8 Å². The minimum atomic E-state index is 0.851. The molecular weight excluding hydrogens is 246 g/mol. The first-order chi connectivity index (χ1) is 8.79. The Morgan fingerprint density at radius 2 is 2.39 bits per heavy atom. The quantitative estimate of drug-likeness (QED) is 0.781. The van der Waals surface area contributed by atoms with E-state index in [-0.39, 0.29) is 0 Å². The molecule has 0 saturated heterocycles. The molecule has 0 amide bonds. The molecule has 5 heteroatoms. The van der Waals surface area contributed by atoms with Gasteiger partial charge in [0.1, 0.15) is 0 Å².